The molecule has 0 saturated carbocycles. The lowest BCUT2D eigenvalue weighted by atomic mass is 9.72. The molecule has 0 bridgehead atoms. The third-order valence-corrected chi connectivity index (χ3v) is 4.61. The van der Waals surface area contributed by atoms with Gasteiger partial charge in [0.15, 0.2) is 0 Å². The normalized spacial score (nSPS) is 21.6. The summed E-state index contributed by atoms with van der Waals surface area (Å²) in [6.07, 6.45) is 9.13. The lowest BCUT2D eigenvalue weighted by Crippen LogP contribution is -2.19. The SMILES string of the molecule is CC(=CC[SiH3])CCC1=C(C)C(C)(C)CCC1. The third kappa shape index (κ3) is 3.62. The lowest BCUT2D eigenvalue weighted by Gasteiger charge is -2.33. The molecule has 0 N–H and O–H groups in total. The zero-order valence-electron chi connectivity index (χ0n) is 11.8. The highest BCUT2D eigenvalue weighted by Crippen LogP contribution is 2.41. The smallest absolute Gasteiger partial charge is 0.00756 e. The van der Waals surface area contributed by atoms with E-state index < -0.39 is 0 Å². The van der Waals surface area contributed by atoms with Crippen LogP contribution in [0.15, 0.2) is 22.8 Å². The van der Waals surface area contributed by atoms with Crippen molar-refractivity contribution in [1.29, 1.82) is 0 Å². The van der Waals surface area contributed by atoms with Crippen molar-refractivity contribution < 1.29 is 0 Å². The maximum Gasteiger partial charge on any atom is 0.00756 e. The quantitative estimate of drug-likeness (QED) is 0.511. The number of hydrogen-bond donors (Lipinski definition) is 0. The summed E-state index contributed by atoms with van der Waals surface area (Å²) in [5.41, 5.74) is 5.48. The third-order valence-electron chi connectivity index (χ3n) is 4.20. The molecule has 1 aliphatic rings. The van der Waals surface area contributed by atoms with Crippen LogP contribution in [-0.2, 0) is 0 Å². The van der Waals surface area contributed by atoms with E-state index in [-0.39, 0.29) is 0 Å². The monoisotopic (exact) mass is 236 g/mol. The van der Waals surface area contributed by atoms with Crippen LogP contribution < -0.4 is 0 Å². The average molecular weight is 236 g/mol. The van der Waals surface area contributed by atoms with Gasteiger partial charge in [-0.3, -0.25) is 0 Å². The van der Waals surface area contributed by atoms with Crippen LogP contribution in [0.1, 0.15) is 59.8 Å². The number of allylic oxidation sites excluding steroid dienone is 4. The van der Waals surface area contributed by atoms with Gasteiger partial charge in [-0.25, -0.2) is 0 Å². The number of hydrogen-bond acceptors (Lipinski definition) is 0. The molecule has 16 heavy (non-hydrogen) atoms. The Morgan fingerprint density at radius 3 is 2.75 bits per heavy atom. The predicted octanol–water partition coefficient (Wildman–Crippen LogP) is 4.02. The molecule has 1 rings (SSSR count). The maximum atomic E-state index is 2.43. The van der Waals surface area contributed by atoms with Crippen molar-refractivity contribution in [2.24, 2.45) is 5.41 Å². The van der Waals surface area contributed by atoms with Gasteiger partial charge in [0.25, 0.3) is 0 Å². The highest BCUT2D eigenvalue weighted by molar-refractivity contribution is 6.09. The number of rotatable bonds is 4. The van der Waals surface area contributed by atoms with Gasteiger partial charge < -0.3 is 0 Å². The summed E-state index contributed by atoms with van der Waals surface area (Å²) in [6.45, 7) is 9.46. The van der Waals surface area contributed by atoms with E-state index in [1.54, 1.807) is 16.7 Å². The van der Waals surface area contributed by atoms with E-state index >= 15 is 0 Å². The Balaban J connectivity index is 2.63. The molecule has 0 aromatic rings. The summed E-state index contributed by atoms with van der Waals surface area (Å²) >= 11 is 0. The van der Waals surface area contributed by atoms with E-state index in [0.717, 1.165) is 0 Å². The maximum absolute atomic E-state index is 2.43. The van der Waals surface area contributed by atoms with E-state index in [4.69, 9.17) is 0 Å². The fraction of sp³-hybridized carbons (Fsp3) is 0.733. The first-order valence-electron chi connectivity index (χ1n) is 6.82. The van der Waals surface area contributed by atoms with Gasteiger partial charge in [0.2, 0.25) is 0 Å². The molecular formula is C15H28Si. The largest absolute Gasteiger partial charge is 0.0891 e. The summed E-state index contributed by atoms with van der Waals surface area (Å²) in [5, 5.41) is 0. The second-order valence-electron chi connectivity index (χ2n) is 5.92. The van der Waals surface area contributed by atoms with Crippen molar-refractivity contribution in [3.63, 3.8) is 0 Å². The molecule has 0 unspecified atom stereocenters. The predicted molar refractivity (Wildman–Crippen MR) is 78.1 cm³/mol. The van der Waals surface area contributed by atoms with Crippen LogP contribution in [0.25, 0.3) is 0 Å². The van der Waals surface area contributed by atoms with Crippen LogP contribution in [0.2, 0.25) is 6.04 Å². The van der Waals surface area contributed by atoms with Crippen molar-refractivity contribution in [2.75, 3.05) is 0 Å². The Kier molecular flexibility index (Phi) is 5.04. The van der Waals surface area contributed by atoms with Gasteiger partial charge in [-0.2, -0.15) is 0 Å². The Labute approximate surface area is 105 Å². The summed E-state index contributed by atoms with van der Waals surface area (Å²) in [5.74, 6) is 0. The molecule has 1 aliphatic carbocycles. The minimum atomic E-state index is 0.461. The van der Waals surface area contributed by atoms with Crippen LogP contribution in [0, 0.1) is 5.41 Å². The standard InChI is InChI=1S/C15H28Si/c1-12(9-11-16)7-8-14-6-5-10-15(3,4)13(14)2/h9H,5-8,10-11H2,1-4,16H3. The van der Waals surface area contributed by atoms with Gasteiger partial charge in [-0.15, -0.1) is 0 Å². The minimum Gasteiger partial charge on any atom is -0.0891 e. The Morgan fingerprint density at radius 1 is 1.44 bits per heavy atom. The lowest BCUT2D eigenvalue weighted by molar-refractivity contribution is 0.363. The molecule has 0 radical (unpaired) electrons. The minimum absolute atomic E-state index is 0.461. The zero-order chi connectivity index (χ0) is 12.2. The molecule has 92 valence electrons. The molecule has 0 amide bonds. The first-order chi connectivity index (χ1) is 7.47. The molecule has 1 heteroatoms. The van der Waals surface area contributed by atoms with E-state index in [0.29, 0.717) is 5.41 Å². The molecule has 0 saturated heterocycles. The Bertz CT molecular complexity index is 295. The van der Waals surface area contributed by atoms with Crippen LogP contribution in [0.3, 0.4) is 0 Å². The van der Waals surface area contributed by atoms with E-state index in [9.17, 15) is 0 Å². The molecule has 0 atom stereocenters. The molecule has 0 heterocycles. The van der Waals surface area contributed by atoms with Crippen molar-refractivity contribution in [3.05, 3.63) is 22.8 Å². The van der Waals surface area contributed by atoms with Gasteiger partial charge >= 0.3 is 0 Å². The summed E-state index contributed by atoms with van der Waals surface area (Å²) < 4.78 is 0. The fourth-order valence-corrected chi connectivity index (χ4v) is 3.41. The van der Waals surface area contributed by atoms with Crippen molar-refractivity contribution in [1.82, 2.24) is 0 Å². The van der Waals surface area contributed by atoms with Crippen molar-refractivity contribution in [3.8, 4) is 0 Å². The molecule has 0 aliphatic heterocycles. The fourth-order valence-electron chi connectivity index (χ4n) is 2.71. The van der Waals surface area contributed by atoms with Gasteiger partial charge in [0.1, 0.15) is 0 Å². The zero-order valence-corrected chi connectivity index (χ0v) is 13.8. The van der Waals surface area contributed by atoms with Crippen LogP contribution >= 0.6 is 0 Å². The van der Waals surface area contributed by atoms with Crippen LogP contribution in [-0.4, -0.2) is 10.2 Å². The Hall–Kier alpha value is -0.303. The average Bonchev–Trinajstić information content (AvgIpc) is 2.21. The van der Waals surface area contributed by atoms with Gasteiger partial charge in [-0.05, 0) is 57.4 Å². The highest BCUT2D eigenvalue weighted by atomic mass is 28.1. The molecule has 0 aromatic heterocycles. The highest BCUT2D eigenvalue weighted by Gasteiger charge is 2.26. The van der Waals surface area contributed by atoms with Crippen LogP contribution in [0.5, 0.6) is 0 Å². The van der Waals surface area contributed by atoms with Gasteiger partial charge in [0, 0.05) is 10.2 Å². The van der Waals surface area contributed by atoms with Gasteiger partial charge in [0.05, 0.1) is 0 Å². The van der Waals surface area contributed by atoms with Gasteiger partial charge in [-0.1, -0.05) is 36.6 Å². The summed E-state index contributed by atoms with van der Waals surface area (Å²) in [7, 11) is 1.30. The molecule has 0 aromatic carbocycles. The summed E-state index contributed by atoms with van der Waals surface area (Å²) in [4.78, 5) is 0. The summed E-state index contributed by atoms with van der Waals surface area (Å²) in [6, 6.07) is 1.31. The molecule has 0 fully saturated rings. The van der Waals surface area contributed by atoms with E-state index in [1.807, 2.05) is 0 Å². The molecule has 0 spiro atoms. The second-order valence-corrected chi connectivity index (χ2v) is 6.74. The van der Waals surface area contributed by atoms with E-state index in [2.05, 4.69) is 33.8 Å². The van der Waals surface area contributed by atoms with Crippen molar-refractivity contribution >= 4 is 10.2 Å². The first-order valence-corrected chi connectivity index (χ1v) is 8.23. The second kappa shape index (κ2) is 5.86. The van der Waals surface area contributed by atoms with Crippen molar-refractivity contribution in [2.45, 2.75) is 65.8 Å². The Morgan fingerprint density at radius 2 is 2.12 bits per heavy atom. The molecule has 0 nitrogen and oxygen atoms in total. The van der Waals surface area contributed by atoms with E-state index in [1.165, 1.54) is 48.4 Å². The first kappa shape index (κ1) is 13.8. The topological polar surface area (TPSA) is 0 Å². The van der Waals surface area contributed by atoms with Crippen LogP contribution in [0.4, 0.5) is 0 Å². The molecular weight excluding hydrogens is 208 g/mol.